The topological polar surface area (TPSA) is 52.7 Å². The van der Waals surface area contributed by atoms with Gasteiger partial charge in [-0.15, -0.1) is 0 Å². The third-order valence-corrected chi connectivity index (χ3v) is 5.58. The van der Waals surface area contributed by atoms with Crippen LogP contribution in [0.15, 0.2) is 24.3 Å². The van der Waals surface area contributed by atoms with Gasteiger partial charge in [0.2, 0.25) is 5.91 Å². The Labute approximate surface area is 156 Å². The minimum Gasteiger partial charge on any atom is -0.352 e. The molecule has 1 aromatic rings. The summed E-state index contributed by atoms with van der Waals surface area (Å²) in [6.45, 7) is 6.67. The van der Waals surface area contributed by atoms with Crippen LogP contribution in [0.25, 0.3) is 0 Å². The summed E-state index contributed by atoms with van der Waals surface area (Å²) in [5.74, 6) is 0.193. The van der Waals surface area contributed by atoms with E-state index in [1.807, 2.05) is 29.2 Å². The van der Waals surface area contributed by atoms with Crippen molar-refractivity contribution in [3.05, 3.63) is 35.4 Å². The van der Waals surface area contributed by atoms with Crippen molar-refractivity contribution < 1.29 is 9.59 Å². The first kappa shape index (κ1) is 18.9. The molecule has 2 aliphatic heterocycles. The second-order valence-corrected chi connectivity index (χ2v) is 7.61. The molecule has 0 bridgehead atoms. The maximum Gasteiger partial charge on any atom is 0.251 e. The predicted molar refractivity (Wildman–Crippen MR) is 103 cm³/mol. The van der Waals surface area contributed by atoms with Gasteiger partial charge in [-0.1, -0.05) is 18.6 Å². The van der Waals surface area contributed by atoms with E-state index < -0.39 is 0 Å². The van der Waals surface area contributed by atoms with E-state index >= 15 is 0 Å². The molecule has 5 nitrogen and oxygen atoms in total. The van der Waals surface area contributed by atoms with Crippen molar-refractivity contribution in [1.29, 1.82) is 0 Å². The van der Waals surface area contributed by atoms with Gasteiger partial charge in [0.25, 0.3) is 5.91 Å². The van der Waals surface area contributed by atoms with Gasteiger partial charge in [0.15, 0.2) is 0 Å². The van der Waals surface area contributed by atoms with Crippen LogP contribution in [0, 0.1) is 0 Å². The first-order chi connectivity index (χ1) is 12.6. The summed E-state index contributed by atoms with van der Waals surface area (Å²) in [6, 6.07) is 8.31. The van der Waals surface area contributed by atoms with Crippen LogP contribution in [0.2, 0.25) is 0 Å². The molecule has 0 spiro atoms. The highest BCUT2D eigenvalue weighted by molar-refractivity contribution is 5.94. The summed E-state index contributed by atoms with van der Waals surface area (Å²) in [7, 11) is 0. The van der Waals surface area contributed by atoms with Crippen molar-refractivity contribution in [3.63, 3.8) is 0 Å². The number of likely N-dealkylation sites (tertiary alicyclic amines) is 2. The molecule has 0 unspecified atom stereocenters. The van der Waals surface area contributed by atoms with Gasteiger partial charge >= 0.3 is 0 Å². The molecule has 2 amide bonds. The average Bonchev–Trinajstić information content (AvgIpc) is 3.05. The van der Waals surface area contributed by atoms with E-state index in [1.165, 1.54) is 25.8 Å². The molecule has 2 heterocycles. The molecule has 0 aliphatic carbocycles. The van der Waals surface area contributed by atoms with Crippen molar-refractivity contribution in [2.24, 2.45) is 0 Å². The molecule has 5 heteroatoms. The van der Waals surface area contributed by atoms with E-state index in [-0.39, 0.29) is 11.8 Å². The van der Waals surface area contributed by atoms with E-state index in [2.05, 4.69) is 17.1 Å². The number of hydrogen-bond acceptors (Lipinski definition) is 3. The second kappa shape index (κ2) is 9.17. The second-order valence-electron chi connectivity index (χ2n) is 7.61. The van der Waals surface area contributed by atoms with Gasteiger partial charge in [0.05, 0.1) is 0 Å². The molecule has 1 aromatic carbocycles. The fourth-order valence-electron chi connectivity index (χ4n) is 3.98. The number of carbonyl (C=O) groups excluding carboxylic acids is 2. The van der Waals surface area contributed by atoms with Crippen LogP contribution in [-0.4, -0.2) is 53.8 Å². The molecule has 3 rings (SSSR count). The molecule has 2 aliphatic rings. The standard InChI is InChI=1S/C21H31N3O2/c1-17-7-2-3-12-23(17)14-6-11-22-21(26)19-9-4-8-18(15-19)16-24-13-5-10-20(24)25/h4,8-9,15,17H,2-3,5-7,10-14,16H2,1H3,(H,22,26)/t17-/m0/s1. The highest BCUT2D eigenvalue weighted by Crippen LogP contribution is 2.17. The molecule has 2 fully saturated rings. The van der Waals surface area contributed by atoms with E-state index in [1.54, 1.807) is 0 Å². The summed E-state index contributed by atoms with van der Waals surface area (Å²) in [4.78, 5) is 28.6. The Hall–Kier alpha value is -1.88. The first-order valence-corrected chi connectivity index (χ1v) is 10.0. The lowest BCUT2D eigenvalue weighted by Crippen LogP contribution is -2.39. The minimum atomic E-state index is -0.0220. The number of nitrogens with zero attached hydrogens (tertiary/aromatic N) is 2. The lowest BCUT2D eigenvalue weighted by Gasteiger charge is -2.33. The van der Waals surface area contributed by atoms with Gasteiger partial charge < -0.3 is 15.1 Å². The highest BCUT2D eigenvalue weighted by Gasteiger charge is 2.20. The molecule has 26 heavy (non-hydrogen) atoms. The average molecular weight is 357 g/mol. The molecule has 2 saturated heterocycles. The van der Waals surface area contributed by atoms with Gasteiger partial charge in [0.1, 0.15) is 0 Å². The SMILES string of the molecule is C[C@H]1CCCCN1CCCNC(=O)c1cccc(CN2CCCC2=O)c1. The Kier molecular flexibility index (Phi) is 6.67. The number of nitrogens with one attached hydrogen (secondary N) is 1. The van der Waals surface area contributed by atoms with Crippen LogP contribution in [0.3, 0.4) is 0 Å². The molecule has 1 N–H and O–H groups in total. The Morgan fingerprint density at radius 1 is 1.23 bits per heavy atom. The lowest BCUT2D eigenvalue weighted by molar-refractivity contribution is -0.128. The number of amides is 2. The van der Waals surface area contributed by atoms with Crippen molar-refractivity contribution in [3.8, 4) is 0 Å². The van der Waals surface area contributed by atoms with Crippen molar-refractivity contribution in [2.45, 2.75) is 58.0 Å². The van der Waals surface area contributed by atoms with Crippen LogP contribution in [0.5, 0.6) is 0 Å². The van der Waals surface area contributed by atoms with E-state index in [0.29, 0.717) is 31.1 Å². The quantitative estimate of drug-likeness (QED) is 0.764. The number of rotatable bonds is 7. The number of hydrogen-bond donors (Lipinski definition) is 1. The maximum absolute atomic E-state index is 12.4. The van der Waals surface area contributed by atoms with Crippen molar-refractivity contribution in [1.82, 2.24) is 15.1 Å². The zero-order valence-electron chi connectivity index (χ0n) is 15.9. The van der Waals surface area contributed by atoms with Crippen LogP contribution < -0.4 is 5.32 Å². The van der Waals surface area contributed by atoms with E-state index in [0.717, 1.165) is 31.5 Å². The molecule has 0 saturated carbocycles. The third-order valence-electron chi connectivity index (χ3n) is 5.58. The predicted octanol–water partition coefficient (Wildman–Crippen LogP) is 2.80. The summed E-state index contributed by atoms with van der Waals surface area (Å²) in [5, 5.41) is 3.04. The Morgan fingerprint density at radius 2 is 2.12 bits per heavy atom. The van der Waals surface area contributed by atoms with Gasteiger partial charge in [0, 0.05) is 44.2 Å². The molecule has 142 valence electrons. The van der Waals surface area contributed by atoms with Gasteiger partial charge in [-0.3, -0.25) is 9.59 Å². The number of benzene rings is 1. The van der Waals surface area contributed by atoms with Crippen LogP contribution in [0.1, 0.15) is 61.4 Å². The van der Waals surface area contributed by atoms with Gasteiger partial charge in [-0.05, 0) is 56.8 Å². The fourth-order valence-corrected chi connectivity index (χ4v) is 3.98. The van der Waals surface area contributed by atoms with E-state index in [9.17, 15) is 9.59 Å². The Bertz CT molecular complexity index is 631. The molecule has 0 aromatic heterocycles. The summed E-state index contributed by atoms with van der Waals surface area (Å²) < 4.78 is 0. The van der Waals surface area contributed by atoms with E-state index in [4.69, 9.17) is 0 Å². The summed E-state index contributed by atoms with van der Waals surface area (Å²) >= 11 is 0. The molecule has 1 atom stereocenters. The summed E-state index contributed by atoms with van der Waals surface area (Å²) in [5.41, 5.74) is 1.70. The van der Waals surface area contributed by atoms with Gasteiger partial charge in [-0.25, -0.2) is 0 Å². The molecule has 0 radical (unpaired) electrons. The van der Waals surface area contributed by atoms with Crippen molar-refractivity contribution in [2.75, 3.05) is 26.2 Å². The Morgan fingerprint density at radius 3 is 2.88 bits per heavy atom. The minimum absolute atomic E-state index is 0.0220. The summed E-state index contributed by atoms with van der Waals surface area (Å²) in [6.07, 6.45) is 6.50. The third kappa shape index (κ3) is 5.07. The zero-order valence-corrected chi connectivity index (χ0v) is 15.9. The molecular formula is C21H31N3O2. The smallest absolute Gasteiger partial charge is 0.251 e. The normalized spacial score (nSPS) is 21.2. The van der Waals surface area contributed by atoms with Crippen LogP contribution in [-0.2, 0) is 11.3 Å². The molecular weight excluding hydrogens is 326 g/mol. The lowest BCUT2D eigenvalue weighted by atomic mass is 10.0. The van der Waals surface area contributed by atoms with Gasteiger partial charge in [-0.2, -0.15) is 0 Å². The van der Waals surface area contributed by atoms with Crippen molar-refractivity contribution >= 4 is 11.8 Å². The monoisotopic (exact) mass is 357 g/mol. The Balaban J connectivity index is 1.44. The zero-order chi connectivity index (χ0) is 18.4. The largest absolute Gasteiger partial charge is 0.352 e. The van der Waals surface area contributed by atoms with Crippen LogP contribution >= 0.6 is 0 Å². The van der Waals surface area contributed by atoms with Crippen LogP contribution in [0.4, 0.5) is 0 Å². The first-order valence-electron chi connectivity index (χ1n) is 10.0. The fraction of sp³-hybridized carbons (Fsp3) is 0.619. The number of carbonyl (C=O) groups is 2. The highest BCUT2D eigenvalue weighted by atomic mass is 16.2. The maximum atomic E-state index is 12.4. The number of piperidine rings is 1.